The van der Waals surface area contributed by atoms with Crippen molar-refractivity contribution in [2.45, 2.75) is 68.2 Å². The quantitative estimate of drug-likeness (QED) is 0.690. The zero-order valence-corrected chi connectivity index (χ0v) is 16.2. The van der Waals surface area contributed by atoms with Crippen molar-refractivity contribution in [1.82, 2.24) is 10.2 Å². The molecule has 146 valence electrons. The molecular weight excluding hydrogens is 364 g/mol. The van der Waals surface area contributed by atoms with Crippen molar-refractivity contribution in [3.05, 3.63) is 35.9 Å². The van der Waals surface area contributed by atoms with Gasteiger partial charge >= 0.3 is 6.09 Å². The highest BCUT2D eigenvalue weighted by atomic mass is 32.1. The molecule has 6 nitrogen and oxygen atoms in total. The highest BCUT2D eigenvalue weighted by Gasteiger charge is 2.49. The van der Waals surface area contributed by atoms with E-state index >= 15 is 0 Å². The lowest BCUT2D eigenvalue weighted by molar-refractivity contribution is -0.138. The van der Waals surface area contributed by atoms with E-state index in [9.17, 15) is 19.5 Å². The van der Waals surface area contributed by atoms with Crippen LogP contribution in [0.1, 0.15) is 50.5 Å². The number of nitrogens with one attached hydrogen (secondary N) is 1. The maximum absolute atomic E-state index is 13.0. The molecule has 1 heterocycles. The fraction of sp³-hybridized carbons (Fsp3) is 0.550. The summed E-state index contributed by atoms with van der Waals surface area (Å²) in [6, 6.07) is 8.73. The molecule has 7 heteroatoms. The van der Waals surface area contributed by atoms with Crippen molar-refractivity contribution in [3.8, 4) is 0 Å². The van der Waals surface area contributed by atoms with E-state index < -0.39 is 28.8 Å². The molecule has 0 bridgehead atoms. The van der Waals surface area contributed by atoms with Crippen LogP contribution in [0.3, 0.4) is 0 Å². The van der Waals surface area contributed by atoms with Gasteiger partial charge in [-0.1, -0.05) is 43.2 Å². The second kappa shape index (κ2) is 8.33. The van der Waals surface area contributed by atoms with Crippen LogP contribution in [0.4, 0.5) is 4.79 Å². The first-order valence-electron chi connectivity index (χ1n) is 9.52. The number of thiol groups is 1. The number of amides is 3. The zero-order valence-electron chi connectivity index (χ0n) is 15.3. The number of rotatable bonds is 4. The molecule has 0 aromatic heterocycles. The summed E-state index contributed by atoms with van der Waals surface area (Å²) in [6.45, 7) is 0. The summed E-state index contributed by atoms with van der Waals surface area (Å²) in [5.41, 5.74) is 0.393. The lowest BCUT2D eigenvalue weighted by atomic mass is 9.90. The molecule has 1 aromatic carbocycles. The van der Waals surface area contributed by atoms with E-state index in [1.165, 1.54) is 0 Å². The Balaban J connectivity index is 1.69. The number of imide groups is 1. The van der Waals surface area contributed by atoms with E-state index in [2.05, 4.69) is 17.9 Å². The maximum atomic E-state index is 13.0. The summed E-state index contributed by atoms with van der Waals surface area (Å²) in [5, 5.41) is 11.8. The predicted molar refractivity (Wildman–Crippen MR) is 105 cm³/mol. The Bertz CT molecular complexity index is 703. The van der Waals surface area contributed by atoms with E-state index in [1.54, 1.807) is 0 Å². The number of benzene rings is 1. The average molecular weight is 391 g/mol. The van der Waals surface area contributed by atoms with Crippen LogP contribution in [0.5, 0.6) is 0 Å². The lowest BCUT2D eigenvalue weighted by Crippen LogP contribution is -2.57. The molecule has 2 fully saturated rings. The Morgan fingerprint density at radius 1 is 1.19 bits per heavy atom. The zero-order chi connectivity index (χ0) is 19.4. The molecule has 1 aliphatic carbocycles. The minimum Gasteiger partial charge on any atom is -0.465 e. The summed E-state index contributed by atoms with van der Waals surface area (Å²) < 4.78 is 0. The Labute approximate surface area is 164 Å². The van der Waals surface area contributed by atoms with Crippen LogP contribution in [-0.4, -0.2) is 44.7 Å². The Hall–Kier alpha value is -2.02. The van der Waals surface area contributed by atoms with Gasteiger partial charge in [-0.2, -0.15) is 12.6 Å². The molecule has 2 atom stereocenters. The van der Waals surface area contributed by atoms with E-state index in [0.717, 1.165) is 42.6 Å². The summed E-state index contributed by atoms with van der Waals surface area (Å²) in [7, 11) is 0. The first kappa shape index (κ1) is 19.7. The molecule has 1 saturated carbocycles. The molecule has 3 amide bonds. The molecule has 2 N–H and O–H groups in total. The van der Waals surface area contributed by atoms with Crippen molar-refractivity contribution in [2.24, 2.45) is 0 Å². The van der Waals surface area contributed by atoms with E-state index in [0.29, 0.717) is 19.3 Å². The lowest BCUT2D eigenvalue weighted by Gasteiger charge is -2.37. The van der Waals surface area contributed by atoms with Crippen LogP contribution >= 0.6 is 12.6 Å². The second-order valence-electron chi connectivity index (χ2n) is 7.55. The van der Waals surface area contributed by atoms with Gasteiger partial charge in [0.1, 0.15) is 6.04 Å². The number of hydrogen-bond donors (Lipinski definition) is 3. The normalized spacial score (nSPS) is 23.1. The number of likely N-dealkylation sites (tertiary alicyclic amines) is 1. The van der Waals surface area contributed by atoms with Gasteiger partial charge in [-0.25, -0.2) is 9.69 Å². The van der Waals surface area contributed by atoms with Gasteiger partial charge in [0, 0.05) is 0 Å². The second-order valence-corrected chi connectivity index (χ2v) is 8.17. The van der Waals surface area contributed by atoms with Crippen LogP contribution in [0.25, 0.3) is 0 Å². The van der Waals surface area contributed by atoms with E-state index in [-0.39, 0.29) is 5.91 Å². The fourth-order valence-electron chi connectivity index (χ4n) is 4.40. The number of nitrogens with zero attached hydrogens (tertiary/aromatic N) is 1. The van der Waals surface area contributed by atoms with Gasteiger partial charge in [0.15, 0.2) is 0 Å². The minimum atomic E-state index is -1.21. The summed E-state index contributed by atoms with van der Waals surface area (Å²) in [6.07, 6.45) is 4.39. The standard InChI is InChI=1S/C20H26N2O4S/c23-17(16(27)13-14-7-2-1-3-8-14)21-15-9-6-12-20(10-4-5-11-20)22(18(15)24)19(25)26/h1-3,7-8,15-16,27H,4-6,9-13H2,(H,21,23)(H,25,26)/t15?,16-/m0/s1. The van der Waals surface area contributed by atoms with Crippen LogP contribution in [-0.2, 0) is 16.0 Å². The number of hydrogen-bond acceptors (Lipinski definition) is 4. The Morgan fingerprint density at radius 2 is 1.81 bits per heavy atom. The van der Waals surface area contributed by atoms with Gasteiger partial charge in [-0.05, 0) is 44.1 Å². The smallest absolute Gasteiger partial charge is 0.414 e. The third kappa shape index (κ3) is 4.29. The Kier molecular flexibility index (Phi) is 6.09. The SMILES string of the molecule is O=C(NC1CCCC2(CCCC2)N(C(=O)O)C1=O)[C@@H](S)Cc1ccccc1. The van der Waals surface area contributed by atoms with Gasteiger partial charge < -0.3 is 10.4 Å². The van der Waals surface area contributed by atoms with Gasteiger partial charge in [-0.15, -0.1) is 0 Å². The molecule has 0 radical (unpaired) electrons. The topological polar surface area (TPSA) is 86.7 Å². The fourth-order valence-corrected chi connectivity index (χ4v) is 4.68. The molecule has 1 unspecified atom stereocenters. The van der Waals surface area contributed by atoms with E-state index in [1.807, 2.05) is 30.3 Å². The van der Waals surface area contributed by atoms with Gasteiger partial charge in [0.05, 0.1) is 10.8 Å². The maximum Gasteiger partial charge on any atom is 0.414 e. The Morgan fingerprint density at radius 3 is 2.44 bits per heavy atom. The molecule has 27 heavy (non-hydrogen) atoms. The van der Waals surface area contributed by atoms with Crippen LogP contribution in [0.2, 0.25) is 0 Å². The molecule has 3 rings (SSSR count). The van der Waals surface area contributed by atoms with E-state index in [4.69, 9.17) is 0 Å². The molecule has 1 spiro atoms. The molecule has 1 saturated heterocycles. The summed E-state index contributed by atoms with van der Waals surface area (Å²) >= 11 is 4.38. The molecular formula is C20H26N2O4S. The highest BCUT2D eigenvalue weighted by Crippen LogP contribution is 2.41. The van der Waals surface area contributed by atoms with Crippen LogP contribution in [0, 0.1) is 0 Å². The summed E-state index contributed by atoms with van der Waals surface area (Å²) in [5.74, 6) is -0.844. The van der Waals surface area contributed by atoms with Crippen molar-refractivity contribution >= 4 is 30.5 Å². The van der Waals surface area contributed by atoms with Crippen molar-refractivity contribution in [3.63, 3.8) is 0 Å². The first-order chi connectivity index (χ1) is 12.9. The number of carbonyl (C=O) groups is 3. The molecule has 1 aliphatic heterocycles. The van der Waals surface area contributed by atoms with Crippen molar-refractivity contribution < 1.29 is 19.5 Å². The highest BCUT2D eigenvalue weighted by molar-refractivity contribution is 7.81. The number of carbonyl (C=O) groups excluding carboxylic acids is 2. The molecule has 2 aliphatic rings. The van der Waals surface area contributed by atoms with Crippen LogP contribution < -0.4 is 5.32 Å². The minimum absolute atomic E-state index is 0.340. The third-order valence-corrected chi connectivity index (χ3v) is 6.16. The monoisotopic (exact) mass is 390 g/mol. The average Bonchev–Trinajstić information content (AvgIpc) is 3.05. The van der Waals surface area contributed by atoms with Crippen molar-refractivity contribution in [1.29, 1.82) is 0 Å². The third-order valence-electron chi connectivity index (χ3n) is 5.74. The van der Waals surface area contributed by atoms with Gasteiger partial charge in [0.25, 0.3) is 5.91 Å². The van der Waals surface area contributed by atoms with Gasteiger partial charge in [-0.3, -0.25) is 9.59 Å². The van der Waals surface area contributed by atoms with Crippen molar-refractivity contribution in [2.75, 3.05) is 0 Å². The predicted octanol–water partition coefficient (Wildman–Crippen LogP) is 3.02. The largest absolute Gasteiger partial charge is 0.465 e. The molecule has 1 aromatic rings. The summed E-state index contributed by atoms with van der Waals surface area (Å²) in [4.78, 5) is 38.4. The van der Waals surface area contributed by atoms with Crippen LogP contribution in [0.15, 0.2) is 30.3 Å². The van der Waals surface area contributed by atoms with Gasteiger partial charge in [0.2, 0.25) is 5.91 Å². The number of carboxylic acid groups (broad SMARTS) is 1. The first-order valence-corrected chi connectivity index (χ1v) is 10.0.